The molecule has 2 aliphatic rings. The highest BCUT2D eigenvalue weighted by molar-refractivity contribution is 6.16. The van der Waals surface area contributed by atoms with Gasteiger partial charge in [-0.25, -0.2) is 0 Å². The van der Waals surface area contributed by atoms with Crippen LogP contribution in [0, 0.1) is 13.8 Å². The molecule has 0 unspecified atom stereocenters. The Bertz CT molecular complexity index is 1740. The van der Waals surface area contributed by atoms with Crippen molar-refractivity contribution in [2.75, 3.05) is 7.05 Å². The van der Waals surface area contributed by atoms with E-state index in [1.807, 2.05) is 40.0 Å². The molecule has 6 rings (SSSR count). The van der Waals surface area contributed by atoms with Crippen molar-refractivity contribution in [3.8, 4) is 22.3 Å². The lowest BCUT2D eigenvalue weighted by atomic mass is 9.89. The maximum atomic E-state index is 4.06. The maximum absolute atomic E-state index is 4.06. The number of hydrogen-bond acceptors (Lipinski definition) is 1. The lowest BCUT2D eigenvalue weighted by Crippen LogP contribution is -1.96. The van der Waals surface area contributed by atoms with E-state index >= 15 is 0 Å². The second kappa shape index (κ2) is 15.1. The van der Waals surface area contributed by atoms with Gasteiger partial charge in [0.05, 0.1) is 0 Å². The molecule has 1 heteroatoms. The fourth-order valence-corrected chi connectivity index (χ4v) is 5.89. The summed E-state index contributed by atoms with van der Waals surface area (Å²) in [4.78, 5) is 4.06. The molecule has 0 atom stereocenters. The fraction of sp³-hybridized carbons (Fsp3) is 0.214. The zero-order valence-corrected chi connectivity index (χ0v) is 26.9. The highest BCUT2D eigenvalue weighted by Crippen LogP contribution is 2.47. The first-order valence-electron chi connectivity index (χ1n) is 15.7. The van der Waals surface area contributed by atoms with Crippen molar-refractivity contribution in [1.82, 2.24) is 0 Å². The largest absolute Gasteiger partial charge is 0.297 e. The molecule has 218 valence electrons. The molecular weight excluding hydrogens is 518 g/mol. The van der Waals surface area contributed by atoms with Gasteiger partial charge in [0.2, 0.25) is 0 Å². The summed E-state index contributed by atoms with van der Waals surface area (Å²) in [5.74, 6) is 0. The van der Waals surface area contributed by atoms with E-state index < -0.39 is 0 Å². The quantitative estimate of drug-likeness (QED) is 0.182. The van der Waals surface area contributed by atoms with E-state index in [2.05, 4.69) is 128 Å². The number of benzene rings is 4. The third kappa shape index (κ3) is 6.78. The van der Waals surface area contributed by atoms with Gasteiger partial charge in [-0.15, -0.1) is 0 Å². The van der Waals surface area contributed by atoms with E-state index in [0.717, 1.165) is 12.8 Å². The minimum Gasteiger partial charge on any atom is -0.297 e. The zero-order chi connectivity index (χ0) is 30.8. The molecule has 0 N–H and O–H groups in total. The zero-order valence-electron chi connectivity index (χ0n) is 26.9. The topological polar surface area (TPSA) is 12.4 Å². The molecule has 2 aliphatic carbocycles. The molecule has 0 aromatic heterocycles. The van der Waals surface area contributed by atoms with Crippen molar-refractivity contribution in [3.05, 3.63) is 149 Å². The normalized spacial score (nSPS) is 13.6. The molecule has 0 saturated heterocycles. The Morgan fingerprint density at radius 3 is 2.26 bits per heavy atom. The van der Waals surface area contributed by atoms with Crippen molar-refractivity contribution in [2.24, 2.45) is 4.99 Å². The number of fused-ring (bicyclic) bond motifs is 3. The molecule has 4 aromatic carbocycles. The maximum Gasteiger partial charge on any atom is 0.0277 e. The molecule has 0 heterocycles. The molecule has 0 amide bonds. The number of hydrogen-bond donors (Lipinski definition) is 0. The van der Waals surface area contributed by atoms with Crippen molar-refractivity contribution in [2.45, 2.75) is 54.4 Å². The lowest BCUT2D eigenvalue weighted by molar-refractivity contribution is 1.24. The molecule has 1 nitrogen and oxygen atoms in total. The molecule has 0 aliphatic heterocycles. The predicted molar refractivity (Wildman–Crippen MR) is 192 cm³/mol. The van der Waals surface area contributed by atoms with Crippen molar-refractivity contribution in [1.29, 1.82) is 0 Å². The summed E-state index contributed by atoms with van der Waals surface area (Å²) >= 11 is 0. The van der Waals surface area contributed by atoms with Crippen LogP contribution in [0.15, 0.2) is 131 Å². The van der Waals surface area contributed by atoms with Crippen LogP contribution >= 0.6 is 0 Å². The first-order valence-corrected chi connectivity index (χ1v) is 15.7. The van der Waals surface area contributed by atoms with Gasteiger partial charge in [0.25, 0.3) is 0 Å². The van der Waals surface area contributed by atoms with Crippen LogP contribution in [0.5, 0.6) is 0 Å². The van der Waals surface area contributed by atoms with Gasteiger partial charge in [-0.3, -0.25) is 4.99 Å². The lowest BCUT2D eigenvalue weighted by Gasteiger charge is -2.16. The minimum atomic E-state index is 0.879. The highest BCUT2D eigenvalue weighted by Gasteiger charge is 2.21. The monoisotopic (exact) mass is 563 g/mol. The third-order valence-corrected chi connectivity index (χ3v) is 7.84. The van der Waals surface area contributed by atoms with Gasteiger partial charge < -0.3 is 0 Å². The average Bonchev–Trinajstić information content (AvgIpc) is 3.20. The number of aryl methyl sites for hydroxylation is 2. The van der Waals surface area contributed by atoms with Crippen LogP contribution in [0.1, 0.15) is 56.4 Å². The molecule has 0 radical (unpaired) electrons. The van der Waals surface area contributed by atoms with Gasteiger partial charge in [0.1, 0.15) is 0 Å². The number of allylic oxidation sites excluding steroid dienone is 10. The second-order valence-electron chi connectivity index (χ2n) is 10.4. The van der Waals surface area contributed by atoms with E-state index in [1.54, 1.807) is 7.05 Å². The minimum absolute atomic E-state index is 0.879. The van der Waals surface area contributed by atoms with Gasteiger partial charge in [-0.1, -0.05) is 143 Å². The summed E-state index contributed by atoms with van der Waals surface area (Å²) in [6.07, 6.45) is 19.1. The van der Waals surface area contributed by atoms with Gasteiger partial charge in [0, 0.05) is 13.3 Å². The van der Waals surface area contributed by atoms with Gasteiger partial charge in [-0.2, -0.15) is 0 Å². The fourth-order valence-electron chi connectivity index (χ4n) is 5.89. The Hall–Kier alpha value is -4.49. The van der Waals surface area contributed by atoms with Crippen molar-refractivity contribution < 1.29 is 0 Å². The summed E-state index contributed by atoms with van der Waals surface area (Å²) < 4.78 is 0. The average molecular weight is 564 g/mol. The molecule has 43 heavy (non-hydrogen) atoms. The molecule has 0 saturated carbocycles. The van der Waals surface area contributed by atoms with Crippen LogP contribution in [0.3, 0.4) is 0 Å². The van der Waals surface area contributed by atoms with E-state index in [1.165, 1.54) is 72.0 Å². The van der Waals surface area contributed by atoms with Crippen LogP contribution in [0.2, 0.25) is 0 Å². The Balaban J connectivity index is 0.00000102. The van der Waals surface area contributed by atoms with Gasteiger partial charge in [0.15, 0.2) is 0 Å². The third-order valence-electron chi connectivity index (χ3n) is 7.84. The summed E-state index contributed by atoms with van der Waals surface area (Å²) in [5, 5.41) is 2.75. The van der Waals surface area contributed by atoms with E-state index in [0.29, 0.717) is 0 Å². The molecule has 0 bridgehead atoms. The van der Waals surface area contributed by atoms with E-state index in [4.69, 9.17) is 0 Å². The summed E-state index contributed by atoms with van der Waals surface area (Å²) in [7, 11) is 1.79. The van der Waals surface area contributed by atoms with Crippen LogP contribution < -0.4 is 0 Å². The summed E-state index contributed by atoms with van der Waals surface area (Å²) in [5.41, 5.74) is 14.5. The standard InChI is InChI=1S/C38H33N.2C2H6/c1-26-16-17-27(2)37(25-26)31(29-11-6-9-28(18-19-29)10-8-24-39-3)22-20-30-21-23-36-34-13-5-4-12-33(34)35-15-7-14-32(30)38(35)36;2*1-2/h4-10,12-19,21-25H,11,20H2,1-3H3;2*1-2H3/b10-8-,31-22?,39-24?;;. The van der Waals surface area contributed by atoms with Gasteiger partial charge in [-0.05, 0) is 99.2 Å². The van der Waals surface area contributed by atoms with E-state index in [9.17, 15) is 0 Å². The van der Waals surface area contributed by atoms with E-state index in [-0.39, 0.29) is 0 Å². The second-order valence-corrected chi connectivity index (χ2v) is 10.4. The van der Waals surface area contributed by atoms with Gasteiger partial charge >= 0.3 is 0 Å². The Morgan fingerprint density at radius 1 is 0.791 bits per heavy atom. The predicted octanol–water partition coefficient (Wildman–Crippen LogP) is 11.9. The number of nitrogens with zero attached hydrogens (tertiary/aromatic N) is 1. The SMILES string of the molecule is CC.CC.CN=C/C=C\C1=CC=C(C(=CCc2ccc3c4c(cccc24)-c2ccccc2-3)c2cc(C)ccc2C)CC=C1. The Kier molecular flexibility index (Phi) is 11.1. The smallest absolute Gasteiger partial charge is 0.0277 e. The van der Waals surface area contributed by atoms with Crippen LogP contribution in [0.4, 0.5) is 0 Å². The highest BCUT2D eigenvalue weighted by atomic mass is 14.6. The summed E-state index contributed by atoms with van der Waals surface area (Å²) in [6, 6.07) is 27.0. The molecular formula is C42H45N. The Labute approximate surface area is 259 Å². The number of aliphatic imine (C=N–C) groups is 1. The Morgan fingerprint density at radius 2 is 1.51 bits per heavy atom. The number of rotatable bonds is 6. The van der Waals surface area contributed by atoms with Crippen LogP contribution in [-0.4, -0.2) is 13.3 Å². The van der Waals surface area contributed by atoms with Crippen molar-refractivity contribution >= 4 is 22.6 Å². The first kappa shape index (κ1) is 31.4. The molecule has 4 aromatic rings. The molecule has 0 spiro atoms. The van der Waals surface area contributed by atoms with Crippen LogP contribution in [-0.2, 0) is 6.42 Å². The first-order chi connectivity index (χ1) is 21.1. The molecule has 0 fully saturated rings. The summed E-state index contributed by atoms with van der Waals surface area (Å²) in [6.45, 7) is 12.4. The van der Waals surface area contributed by atoms with Crippen LogP contribution in [0.25, 0.3) is 38.6 Å². The van der Waals surface area contributed by atoms with Crippen molar-refractivity contribution in [3.63, 3.8) is 0 Å².